The van der Waals surface area contributed by atoms with Gasteiger partial charge in [0.1, 0.15) is 0 Å². The molecule has 0 aliphatic heterocycles. The monoisotopic (exact) mass is 228 g/mol. The third kappa shape index (κ3) is 4.26. The molecule has 1 unspecified atom stereocenters. The molecule has 0 amide bonds. The Balaban J connectivity index is 2.10. The Hall–Kier alpha value is -0.320. The molecule has 1 aromatic heterocycles. The Morgan fingerprint density at radius 3 is 3.29 bits per heavy atom. The van der Waals surface area contributed by atoms with Crippen molar-refractivity contribution in [1.82, 2.24) is 10.3 Å². The molecule has 2 nitrogen and oxygen atoms in total. The van der Waals surface area contributed by atoms with Crippen molar-refractivity contribution in [1.29, 1.82) is 0 Å². The lowest BCUT2D eigenvalue weighted by molar-refractivity contribution is 0.609. The van der Waals surface area contributed by atoms with E-state index in [1.807, 2.05) is 29.5 Å². The number of thioether (sulfide) groups is 1. The van der Waals surface area contributed by atoms with Gasteiger partial charge in [0.15, 0.2) is 0 Å². The number of hydrogen-bond acceptors (Lipinski definition) is 4. The van der Waals surface area contributed by atoms with Gasteiger partial charge < -0.3 is 5.32 Å². The van der Waals surface area contributed by atoms with Crippen molar-refractivity contribution in [2.45, 2.75) is 13.0 Å². The van der Waals surface area contributed by atoms with Gasteiger partial charge in [-0.1, -0.05) is 6.08 Å². The predicted octanol–water partition coefficient (Wildman–Crippen LogP) is 2.71. The topological polar surface area (TPSA) is 24.9 Å². The summed E-state index contributed by atoms with van der Waals surface area (Å²) in [4.78, 5) is 5.37. The molecule has 1 N–H and O–H groups in total. The van der Waals surface area contributed by atoms with Crippen LogP contribution in [-0.4, -0.2) is 23.0 Å². The van der Waals surface area contributed by atoms with Crippen molar-refractivity contribution < 1.29 is 0 Å². The van der Waals surface area contributed by atoms with E-state index in [-0.39, 0.29) is 0 Å². The normalized spacial score (nSPS) is 12.6. The lowest BCUT2D eigenvalue weighted by atomic mass is 10.3. The summed E-state index contributed by atoms with van der Waals surface area (Å²) < 4.78 is 0. The van der Waals surface area contributed by atoms with E-state index in [9.17, 15) is 0 Å². The van der Waals surface area contributed by atoms with Gasteiger partial charge in [-0.3, -0.25) is 4.98 Å². The Bertz CT molecular complexity index is 247. The first-order chi connectivity index (χ1) is 6.84. The molecule has 0 aliphatic carbocycles. The lowest BCUT2D eigenvalue weighted by Crippen LogP contribution is -2.20. The fourth-order valence-corrected chi connectivity index (χ4v) is 2.30. The smallest absolute Gasteiger partial charge is 0.0794 e. The summed E-state index contributed by atoms with van der Waals surface area (Å²) >= 11 is 3.60. The maximum Gasteiger partial charge on any atom is 0.0794 e. The van der Waals surface area contributed by atoms with E-state index < -0.39 is 0 Å². The van der Waals surface area contributed by atoms with Crippen LogP contribution in [0.1, 0.15) is 17.8 Å². The molecular weight excluding hydrogens is 212 g/mol. The maximum absolute atomic E-state index is 4.06. The van der Waals surface area contributed by atoms with Crippen molar-refractivity contribution in [3.63, 3.8) is 0 Å². The van der Waals surface area contributed by atoms with Crippen molar-refractivity contribution >= 4 is 23.1 Å². The minimum absolute atomic E-state index is 0.423. The van der Waals surface area contributed by atoms with E-state index in [1.165, 1.54) is 4.88 Å². The van der Waals surface area contributed by atoms with Gasteiger partial charge in [-0.05, 0) is 6.92 Å². The standard InChI is InChI=1S/C10H16N2S2/c1-3-5-13-6-4-12-9(2)10-7-11-8-14-10/h3,7-9,12H,1,4-6H2,2H3. The van der Waals surface area contributed by atoms with E-state index >= 15 is 0 Å². The average Bonchev–Trinajstić information content (AvgIpc) is 2.70. The van der Waals surface area contributed by atoms with Crippen molar-refractivity contribution in [3.05, 3.63) is 29.2 Å². The summed E-state index contributed by atoms with van der Waals surface area (Å²) in [6.07, 6.45) is 3.87. The Morgan fingerprint density at radius 2 is 2.64 bits per heavy atom. The second-order valence-corrected chi connectivity index (χ2v) is 5.01. The molecule has 1 heterocycles. The number of thiazole rings is 1. The minimum Gasteiger partial charge on any atom is -0.309 e. The summed E-state index contributed by atoms with van der Waals surface area (Å²) in [5.74, 6) is 2.17. The molecule has 0 aliphatic rings. The zero-order valence-electron chi connectivity index (χ0n) is 8.40. The van der Waals surface area contributed by atoms with E-state index in [1.54, 1.807) is 11.3 Å². The summed E-state index contributed by atoms with van der Waals surface area (Å²) in [5.41, 5.74) is 1.87. The summed E-state index contributed by atoms with van der Waals surface area (Å²) in [6.45, 7) is 6.90. The molecule has 0 saturated carbocycles. The summed E-state index contributed by atoms with van der Waals surface area (Å²) in [7, 11) is 0. The Labute approximate surface area is 93.8 Å². The van der Waals surface area contributed by atoms with Crippen molar-refractivity contribution in [2.24, 2.45) is 0 Å². The van der Waals surface area contributed by atoms with Gasteiger partial charge in [0.25, 0.3) is 0 Å². The lowest BCUT2D eigenvalue weighted by Gasteiger charge is -2.10. The first kappa shape index (κ1) is 11.8. The third-order valence-corrected chi connectivity index (χ3v) is 3.73. The highest BCUT2D eigenvalue weighted by atomic mass is 32.2. The number of hydrogen-bond donors (Lipinski definition) is 1. The summed E-state index contributed by atoms with van der Waals surface area (Å²) in [6, 6.07) is 0.423. The number of nitrogens with zero attached hydrogens (tertiary/aromatic N) is 1. The third-order valence-electron chi connectivity index (χ3n) is 1.81. The van der Waals surface area contributed by atoms with E-state index in [2.05, 4.69) is 23.8 Å². The van der Waals surface area contributed by atoms with Crippen LogP contribution in [0.25, 0.3) is 0 Å². The Kier molecular flexibility index (Phi) is 5.91. The van der Waals surface area contributed by atoms with Gasteiger partial charge in [0, 0.05) is 35.2 Å². The Morgan fingerprint density at radius 1 is 1.79 bits per heavy atom. The van der Waals surface area contributed by atoms with Crippen molar-refractivity contribution in [2.75, 3.05) is 18.1 Å². The van der Waals surface area contributed by atoms with Gasteiger partial charge in [0.05, 0.1) is 5.51 Å². The van der Waals surface area contributed by atoms with Gasteiger partial charge in [0.2, 0.25) is 0 Å². The van der Waals surface area contributed by atoms with Crippen LogP contribution in [0.2, 0.25) is 0 Å². The van der Waals surface area contributed by atoms with E-state index in [0.717, 1.165) is 18.1 Å². The first-order valence-corrected chi connectivity index (χ1v) is 6.68. The predicted molar refractivity (Wildman–Crippen MR) is 66.1 cm³/mol. The van der Waals surface area contributed by atoms with Crippen LogP contribution < -0.4 is 5.32 Å². The van der Waals surface area contributed by atoms with Crippen molar-refractivity contribution in [3.8, 4) is 0 Å². The highest BCUT2D eigenvalue weighted by Gasteiger charge is 2.04. The molecule has 1 atom stereocenters. The van der Waals surface area contributed by atoms with Crippen LogP contribution >= 0.6 is 23.1 Å². The molecule has 0 aromatic carbocycles. The van der Waals surface area contributed by atoms with Crippen LogP contribution in [0.4, 0.5) is 0 Å². The largest absolute Gasteiger partial charge is 0.309 e. The molecular formula is C10H16N2S2. The highest BCUT2D eigenvalue weighted by Crippen LogP contribution is 2.15. The van der Waals surface area contributed by atoms with Gasteiger partial charge >= 0.3 is 0 Å². The number of rotatable bonds is 7. The minimum atomic E-state index is 0.423. The van der Waals surface area contributed by atoms with Gasteiger partial charge in [-0.15, -0.1) is 17.9 Å². The van der Waals surface area contributed by atoms with Gasteiger partial charge in [-0.2, -0.15) is 11.8 Å². The van der Waals surface area contributed by atoms with Crippen LogP contribution in [0.3, 0.4) is 0 Å². The number of nitrogens with one attached hydrogen (secondary N) is 1. The van der Waals surface area contributed by atoms with E-state index in [0.29, 0.717) is 6.04 Å². The molecule has 1 aromatic rings. The molecule has 78 valence electrons. The zero-order valence-corrected chi connectivity index (χ0v) is 10.0. The SMILES string of the molecule is C=CCSCCNC(C)c1cncs1. The molecule has 14 heavy (non-hydrogen) atoms. The fraction of sp³-hybridized carbons (Fsp3) is 0.500. The molecule has 0 bridgehead atoms. The van der Waals surface area contributed by atoms with Crippen LogP contribution in [-0.2, 0) is 0 Å². The second-order valence-electron chi connectivity index (χ2n) is 2.94. The van der Waals surface area contributed by atoms with Crippen LogP contribution in [0.5, 0.6) is 0 Å². The molecule has 0 spiro atoms. The average molecular weight is 228 g/mol. The molecule has 1 rings (SSSR count). The number of aromatic nitrogens is 1. The molecule has 0 saturated heterocycles. The van der Waals surface area contributed by atoms with Crippen LogP contribution in [0, 0.1) is 0 Å². The molecule has 0 radical (unpaired) electrons. The second kappa shape index (κ2) is 7.04. The molecule has 4 heteroatoms. The zero-order chi connectivity index (χ0) is 10.2. The van der Waals surface area contributed by atoms with E-state index in [4.69, 9.17) is 0 Å². The van der Waals surface area contributed by atoms with Gasteiger partial charge in [-0.25, -0.2) is 0 Å². The summed E-state index contributed by atoms with van der Waals surface area (Å²) in [5, 5.41) is 3.46. The highest BCUT2D eigenvalue weighted by molar-refractivity contribution is 7.99. The maximum atomic E-state index is 4.06. The quantitative estimate of drug-likeness (QED) is 0.574. The fourth-order valence-electron chi connectivity index (χ4n) is 1.05. The first-order valence-electron chi connectivity index (χ1n) is 4.65. The van der Waals surface area contributed by atoms with Crippen LogP contribution in [0.15, 0.2) is 24.4 Å². The molecule has 0 fully saturated rings.